The number of hydrogen-bond donors (Lipinski definition) is 3. The van der Waals surface area contributed by atoms with E-state index >= 15 is 0 Å². The first-order valence-electron chi connectivity index (χ1n) is 8.11. The summed E-state index contributed by atoms with van der Waals surface area (Å²) >= 11 is 1.37. The summed E-state index contributed by atoms with van der Waals surface area (Å²) in [7, 11) is 0. The zero-order chi connectivity index (χ0) is 19.0. The van der Waals surface area contributed by atoms with Crippen LogP contribution < -0.4 is 10.9 Å². The molecular formula is C20H13N3O3S. The minimum atomic E-state index is -1.08. The van der Waals surface area contributed by atoms with Gasteiger partial charge in [-0.2, -0.15) is 5.26 Å². The summed E-state index contributed by atoms with van der Waals surface area (Å²) in [6, 6.07) is 14.9. The maximum atomic E-state index is 12.3. The molecule has 0 saturated heterocycles. The highest BCUT2D eigenvalue weighted by Gasteiger charge is 2.15. The van der Waals surface area contributed by atoms with Gasteiger partial charge in [-0.05, 0) is 34.7 Å². The Labute approximate surface area is 157 Å². The summed E-state index contributed by atoms with van der Waals surface area (Å²) in [5.74, 6) is 0. The lowest BCUT2D eigenvalue weighted by atomic mass is 9.93. The molecule has 6 nitrogen and oxygen atoms in total. The first-order chi connectivity index (χ1) is 13.1. The summed E-state index contributed by atoms with van der Waals surface area (Å²) in [6.45, 7) is 0.207. The number of H-pyrrole nitrogens is 1. The van der Waals surface area contributed by atoms with Gasteiger partial charge in [0.25, 0.3) is 5.56 Å². The summed E-state index contributed by atoms with van der Waals surface area (Å²) in [6.07, 6.45) is -1.08. The number of benzene rings is 2. The fraction of sp³-hybridized carbons (Fsp3) is 0.0500. The highest BCUT2D eigenvalue weighted by Crippen LogP contribution is 2.36. The van der Waals surface area contributed by atoms with E-state index in [0.29, 0.717) is 15.8 Å². The molecule has 0 aliphatic rings. The van der Waals surface area contributed by atoms with Crippen LogP contribution in [0.25, 0.3) is 32.1 Å². The fourth-order valence-corrected chi connectivity index (χ4v) is 4.00. The van der Waals surface area contributed by atoms with Gasteiger partial charge in [-0.15, -0.1) is 11.3 Å². The Morgan fingerprint density at radius 3 is 2.67 bits per heavy atom. The molecule has 0 unspecified atom stereocenters. The summed E-state index contributed by atoms with van der Waals surface area (Å²) in [5, 5.41) is 24.2. The molecule has 2 aromatic carbocycles. The Kier molecular flexibility index (Phi) is 4.11. The van der Waals surface area contributed by atoms with E-state index in [0.717, 1.165) is 27.5 Å². The third kappa shape index (κ3) is 2.92. The maximum absolute atomic E-state index is 12.3. The van der Waals surface area contributed by atoms with Crippen LogP contribution >= 0.6 is 11.3 Å². The lowest BCUT2D eigenvalue weighted by molar-refractivity contribution is 0.194. The predicted molar refractivity (Wildman–Crippen MR) is 105 cm³/mol. The number of fused-ring (bicyclic) bond motifs is 3. The van der Waals surface area contributed by atoms with Crippen molar-refractivity contribution in [3.63, 3.8) is 0 Å². The number of amides is 1. The Bertz CT molecular complexity index is 1280. The van der Waals surface area contributed by atoms with Crippen LogP contribution in [0.1, 0.15) is 11.1 Å². The van der Waals surface area contributed by atoms with Crippen molar-refractivity contribution in [2.75, 3.05) is 0 Å². The molecule has 0 saturated carbocycles. The number of carboxylic acid groups (broad SMARTS) is 1. The quantitative estimate of drug-likeness (QED) is 0.502. The van der Waals surface area contributed by atoms with Crippen LogP contribution in [0.4, 0.5) is 4.79 Å². The van der Waals surface area contributed by atoms with Gasteiger partial charge in [-0.1, -0.05) is 24.3 Å². The first-order valence-corrected chi connectivity index (χ1v) is 8.99. The largest absolute Gasteiger partial charge is 0.465 e. The van der Waals surface area contributed by atoms with E-state index in [2.05, 4.69) is 16.4 Å². The molecule has 3 N–H and O–H groups in total. The molecule has 132 valence electrons. The van der Waals surface area contributed by atoms with E-state index in [4.69, 9.17) is 5.11 Å². The second-order valence-corrected chi connectivity index (χ2v) is 6.91. The van der Waals surface area contributed by atoms with Crippen LogP contribution in [0.15, 0.2) is 52.6 Å². The number of nitrogens with zero attached hydrogens (tertiary/aromatic N) is 1. The normalized spacial score (nSPS) is 10.8. The number of nitrogens with one attached hydrogen (secondary N) is 2. The molecule has 2 heterocycles. The second kappa shape index (κ2) is 6.59. The Hall–Kier alpha value is -3.63. The number of nitriles is 1. The molecule has 0 aliphatic carbocycles. The molecule has 7 heteroatoms. The molecule has 4 aromatic rings. The van der Waals surface area contributed by atoms with Gasteiger partial charge in [0.05, 0.1) is 11.6 Å². The summed E-state index contributed by atoms with van der Waals surface area (Å²) in [5.41, 5.74) is 3.45. The van der Waals surface area contributed by atoms with E-state index in [1.165, 1.54) is 11.3 Å². The second-order valence-electron chi connectivity index (χ2n) is 6.00. The van der Waals surface area contributed by atoms with E-state index in [9.17, 15) is 14.9 Å². The molecule has 0 bridgehead atoms. The van der Waals surface area contributed by atoms with Crippen molar-refractivity contribution in [3.05, 3.63) is 69.3 Å². The highest BCUT2D eigenvalue weighted by atomic mass is 32.1. The van der Waals surface area contributed by atoms with E-state index in [-0.39, 0.29) is 12.1 Å². The number of hydrogen-bond acceptors (Lipinski definition) is 4. The summed E-state index contributed by atoms with van der Waals surface area (Å²) in [4.78, 5) is 25.8. The summed E-state index contributed by atoms with van der Waals surface area (Å²) < 4.78 is 0.626. The van der Waals surface area contributed by atoms with Gasteiger partial charge in [0.15, 0.2) is 0 Å². The van der Waals surface area contributed by atoms with E-state index in [1.807, 2.05) is 35.7 Å². The van der Waals surface area contributed by atoms with Gasteiger partial charge in [0.1, 0.15) is 4.70 Å². The molecule has 0 fully saturated rings. The van der Waals surface area contributed by atoms with Crippen LogP contribution in [0.2, 0.25) is 0 Å². The van der Waals surface area contributed by atoms with Crippen molar-refractivity contribution in [3.8, 4) is 17.2 Å². The molecule has 0 aliphatic heterocycles. The minimum absolute atomic E-state index is 0.141. The Morgan fingerprint density at radius 1 is 1.19 bits per heavy atom. The zero-order valence-electron chi connectivity index (χ0n) is 13.9. The monoisotopic (exact) mass is 375 g/mol. The van der Waals surface area contributed by atoms with Crippen molar-refractivity contribution in [2.24, 2.45) is 0 Å². The number of rotatable bonds is 3. The molecule has 0 spiro atoms. The smallest absolute Gasteiger partial charge is 0.404 e. The van der Waals surface area contributed by atoms with Gasteiger partial charge in [0, 0.05) is 28.4 Å². The topological polar surface area (TPSA) is 106 Å². The average Bonchev–Trinajstić information content (AvgIpc) is 3.16. The first kappa shape index (κ1) is 16.8. The van der Waals surface area contributed by atoms with Crippen LogP contribution in [0.5, 0.6) is 0 Å². The Balaban J connectivity index is 1.95. The van der Waals surface area contributed by atoms with Crippen LogP contribution in [-0.2, 0) is 6.54 Å². The molecule has 4 rings (SSSR count). The molecular weight excluding hydrogens is 362 g/mol. The van der Waals surface area contributed by atoms with Crippen molar-refractivity contribution >= 4 is 38.4 Å². The van der Waals surface area contributed by atoms with Gasteiger partial charge in [-0.3, -0.25) is 4.79 Å². The van der Waals surface area contributed by atoms with Crippen molar-refractivity contribution in [2.45, 2.75) is 6.54 Å². The Morgan fingerprint density at radius 2 is 1.96 bits per heavy atom. The van der Waals surface area contributed by atoms with Gasteiger partial charge >= 0.3 is 6.09 Å². The fourth-order valence-electron chi connectivity index (χ4n) is 3.21. The standard InChI is InChI=1S/C20H13N3O3S/c21-9-13-5-6-15-17(14-7-8-27-18(14)19(24)23-15)16(13)12-3-1-11(2-4-12)10-22-20(25)26/h1-8,22H,10H2,(H,23,24)(H,25,26). The molecule has 0 atom stereocenters. The molecule has 1 amide bonds. The van der Waals surface area contributed by atoms with E-state index in [1.54, 1.807) is 12.1 Å². The van der Waals surface area contributed by atoms with Gasteiger partial charge in [0.2, 0.25) is 0 Å². The molecule has 2 aromatic heterocycles. The number of carbonyl (C=O) groups is 1. The number of pyridine rings is 1. The third-order valence-corrected chi connectivity index (χ3v) is 5.31. The van der Waals surface area contributed by atoms with Crippen molar-refractivity contribution < 1.29 is 9.90 Å². The van der Waals surface area contributed by atoms with Crippen LogP contribution in [0.3, 0.4) is 0 Å². The zero-order valence-corrected chi connectivity index (χ0v) is 14.8. The number of thiophene rings is 1. The van der Waals surface area contributed by atoms with Crippen LogP contribution in [-0.4, -0.2) is 16.2 Å². The van der Waals surface area contributed by atoms with Crippen LogP contribution in [0, 0.1) is 11.3 Å². The molecule has 27 heavy (non-hydrogen) atoms. The third-order valence-electron chi connectivity index (χ3n) is 4.40. The maximum Gasteiger partial charge on any atom is 0.404 e. The SMILES string of the molecule is N#Cc1ccc2[nH]c(=O)c3sccc3c2c1-c1ccc(CNC(=O)O)cc1. The van der Waals surface area contributed by atoms with Crippen molar-refractivity contribution in [1.82, 2.24) is 10.3 Å². The average molecular weight is 375 g/mol. The highest BCUT2D eigenvalue weighted by molar-refractivity contribution is 7.17. The molecule has 0 radical (unpaired) electrons. The van der Waals surface area contributed by atoms with Gasteiger partial charge in [-0.25, -0.2) is 4.79 Å². The number of aromatic amines is 1. The van der Waals surface area contributed by atoms with E-state index < -0.39 is 6.09 Å². The minimum Gasteiger partial charge on any atom is -0.465 e. The lowest BCUT2D eigenvalue weighted by Crippen LogP contribution is -2.19. The van der Waals surface area contributed by atoms with Crippen molar-refractivity contribution in [1.29, 1.82) is 5.26 Å². The predicted octanol–water partition coefficient (Wildman–Crippen LogP) is 4.05. The lowest BCUT2D eigenvalue weighted by Gasteiger charge is -2.11. The number of aromatic nitrogens is 1. The van der Waals surface area contributed by atoms with Gasteiger partial charge < -0.3 is 15.4 Å².